The number of halogens is 4. The summed E-state index contributed by atoms with van der Waals surface area (Å²) < 4.78 is 51.4. The van der Waals surface area contributed by atoms with Crippen LogP contribution in [0.3, 0.4) is 0 Å². The van der Waals surface area contributed by atoms with Crippen molar-refractivity contribution in [1.82, 2.24) is 5.32 Å². The first-order valence-electron chi connectivity index (χ1n) is 6.38. The maximum absolute atomic E-state index is 13.6. The number of amides is 1. The molecule has 21 heavy (non-hydrogen) atoms. The molecule has 0 radical (unpaired) electrons. The van der Waals surface area contributed by atoms with Crippen LogP contribution in [-0.2, 0) is 6.18 Å². The van der Waals surface area contributed by atoms with Crippen molar-refractivity contribution in [3.63, 3.8) is 0 Å². The summed E-state index contributed by atoms with van der Waals surface area (Å²) in [5.41, 5.74) is -2.92. The average Bonchev–Trinajstić information content (AvgIpc) is 2.87. The van der Waals surface area contributed by atoms with Gasteiger partial charge in [0.2, 0.25) is 0 Å². The van der Waals surface area contributed by atoms with E-state index in [1.165, 1.54) is 0 Å². The molecule has 0 aromatic heterocycles. The topological polar surface area (TPSA) is 52.9 Å². The second-order valence-corrected chi connectivity index (χ2v) is 5.05. The number of rotatable bonds is 2. The molecule has 112 valence electrons. The lowest BCUT2D eigenvalue weighted by Gasteiger charge is -2.22. The number of nitrogens with zero attached hydrogens (tertiary/aromatic N) is 1. The van der Waals surface area contributed by atoms with Crippen LogP contribution in [0.15, 0.2) is 18.2 Å². The van der Waals surface area contributed by atoms with Crippen LogP contribution in [0.25, 0.3) is 0 Å². The lowest BCUT2D eigenvalue weighted by molar-refractivity contribution is -0.137. The molecule has 7 heteroatoms. The Balaban J connectivity index is 2.29. The predicted octanol–water partition coefficient (Wildman–Crippen LogP) is 3.41. The van der Waals surface area contributed by atoms with E-state index in [2.05, 4.69) is 5.32 Å². The highest BCUT2D eigenvalue weighted by molar-refractivity contribution is 5.95. The van der Waals surface area contributed by atoms with E-state index in [0.717, 1.165) is 12.8 Å². The van der Waals surface area contributed by atoms with E-state index in [0.29, 0.717) is 31.0 Å². The van der Waals surface area contributed by atoms with Gasteiger partial charge in [-0.25, -0.2) is 4.39 Å². The molecule has 0 heterocycles. The maximum Gasteiger partial charge on any atom is 0.416 e. The van der Waals surface area contributed by atoms with Crippen molar-refractivity contribution in [3.05, 3.63) is 35.1 Å². The monoisotopic (exact) mass is 300 g/mol. The second-order valence-electron chi connectivity index (χ2n) is 5.05. The molecule has 1 amide bonds. The molecule has 2 rings (SSSR count). The highest BCUT2D eigenvalue weighted by Crippen LogP contribution is 2.32. The number of carbonyl (C=O) groups is 1. The Morgan fingerprint density at radius 2 is 1.90 bits per heavy atom. The van der Waals surface area contributed by atoms with Crippen molar-refractivity contribution in [2.75, 3.05) is 0 Å². The number of carbonyl (C=O) groups excluding carboxylic acids is 1. The van der Waals surface area contributed by atoms with E-state index in [9.17, 15) is 22.4 Å². The van der Waals surface area contributed by atoms with Crippen LogP contribution in [0.4, 0.5) is 17.6 Å². The molecular formula is C14H12F4N2O. The molecular weight excluding hydrogens is 288 g/mol. The summed E-state index contributed by atoms with van der Waals surface area (Å²) >= 11 is 0. The SMILES string of the molecule is N#CC1(NC(=O)c2cc(C(F)(F)F)ccc2F)CCCC1. The number of hydrogen-bond donors (Lipinski definition) is 1. The Labute approximate surface area is 118 Å². The van der Waals surface area contributed by atoms with Gasteiger partial charge in [0, 0.05) is 0 Å². The Kier molecular flexibility index (Phi) is 3.90. The molecule has 1 N–H and O–H groups in total. The van der Waals surface area contributed by atoms with Crippen molar-refractivity contribution in [2.24, 2.45) is 0 Å². The van der Waals surface area contributed by atoms with Crippen LogP contribution in [0.2, 0.25) is 0 Å². The van der Waals surface area contributed by atoms with Gasteiger partial charge in [0.1, 0.15) is 11.4 Å². The fraction of sp³-hybridized carbons (Fsp3) is 0.429. The highest BCUT2D eigenvalue weighted by atomic mass is 19.4. The zero-order chi connectivity index (χ0) is 15.7. The summed E-state index contributed by atoms with van der Waals surface area (Å²) in [6, 6.07) is 3.60. The minimum Gasteiger partial charge on any atom is -0.334 e. The first-order chi connectivity index (χ1) is 9.77. The average molecular weight is 300 g/mol. The van der Waals surface area contributed by atoms with Gasteiger partial charge in [0.05, 0.1) is 17.2 Å². The van der Waals surface area contributed by atoms with Crippen molar-refractivity contribution < 1.29 is 22.4 Å². The first kappa shape index (κ1) is 15.3. The first-order valence-corrected chi connectivity index (χ1v) is 6.38. The van der Waals surface area contributed by atoms with E-state index >= 15 is 0 Å². The molecule has 1 aromatic carbocycles. The molecule has 0 bridgehead atoms. The van der Waals surface area contributed by atoms with Gasteiger partial charge in [-0.15, -0.1) is 0 Å². The van der Waals surface area contributed by atoms with E-state index in [1.807, 2.05) is 6.07 Å². The van der Waals surface area contributed by atoms with E-state index in [1.54, 1.807) is 0 Å². The summed E-state index contributed by atoms with van der Waals surface area (Å²) in [7, 11) is 0. The van der Waals surface area contributed by atoms with Gasteiger partial charge in [0.15, 0.2) is 0 Å². The molecule has 1 aliphatic carbocycles. The number of hydrogen-bond acceptors (Lipinski definition) is 2. The van der Waals surface area contributed by atoms with E-state index in [-0.39, 0.29) is 0 Å². The second kappa shape index (κ2) is 5.35. The standard InChI is InChI=1S/C14H12F4N2O/c15-11-4-3-9(14(16,17)18)7-10(11)12(21)20-13(8-19)5-1-2-6-13/h3-4,7H,1-2,5-6H2,(H,20,21). The van der Waals surface area contributed by atoms with Gasteiger partial charge in [-0.1, -0.05) is 0 Å². The molecule has 3 nitrogen and oxygen atoms in total. The van der Waals surface area contributed by atoms with Gasteiger partial charge < -0.3 is 5.32 Å². The zero-order valence-corrected chi connectivity index (χ0v) is 10.9. The highest BCUT2D eigenvalue weighted by Gasteiger charge is 2.37. The van der Waals surface area contributed by atoms with Crippen LogP contribution < -0.4 is 5.32 Å². The van der Waals surface area contributed by atoms with Gasteiger partial charge in [-0.2, -0.15) is 18.4 Å². The molecule has 1 aliphatic rings. The van der Waals surface area contributed by atoms with Crippen LogP contribution >= 0.6 is 0 Å². The summed E-state index contributed by atoms with van der Waals surface area (Å²) in [6.07, 6.45) is -2.37. The molecule has 1 fully saturated rings. The lowest BCUT2D eigenvalue weighted by Crippen LogP contribution is -2.45. The smallest absolute Gasteiger partial charge is 0.334 e. The number of nitriles is 1. The van der Waals surface area contributed by atoms with Gasteiger partial charge in [0.25, 0.3) is 5.91 Å². The Morgan fingerprint density at radius 1 is 1.29 bits per heavy atom. The summed E-state index contributed by atoms with van der Waals surface area (Å²) in [5.74, 6) is -2.05. The van der Waals surface area contributed by atoms with Crippen LogP contribution in [-0.4, -0.2) is 11.4 Å². The third-order valence-electron chi connectivity index (χ3n) is 3.56. The van der Waals surface area contributed by atoms with Gasteiger partial charge >= 0.3 is 6.18 Å². The zero-order valence-electron chi connectivity index (χ0n) is 10.9. The van der Waals surface area contributed by atoms with Crippen molar-refractivity contribution in [3.8, 4) is 6.07 Å². The molecule has 0 aliphatic heterocycles. The number of nitrogens with one attached hydrogen (secondary N) is 1. The van der Waals surface area contributed by atoms with Gasteiger partial charge in [-0.3, -0.25) is 4.79 Å². The van der Waals surface area contributed by atoms with Crippen molar-refractivity contribution in [2.45, 2.75) is 37.4 Å². The van der Waals surface area contributed by atoms with Crippen LogP contribution in [0, 0.1) is 17.1 Å². The minimum atomic E-state index is -4.66. The van der Waals surface area contributed by atoms with Crippen molar-refractivity contribution >= 4 is 5.91 Å². The lowest BCUT2D eigenvalue weighted by atomic mass is 9.98. The Bertz CT molecular complexity index is 598. The Hall–Kier alpha value is -2.10. The molecule has 0 spiro atoms. The summed E-state index contributed by atoms with van der Waals surface area (Å²) in [4.78, 5) is 12.0. The summed E-state index contributed by atoms with van der Waals surface area (Å²) in [5, 5.41) is 11.5. The van der Waals surface area contributed by atoms with Gasteiger partial charge in [-0.05, 0) is 43.9 Å². The third kappa shape index (κ3) is 3.15. The predicted molar refractivity (Wildman–Crippen MR) is 65.7 cm³/mol. The Morgan fingerprint density at radius 3 is 2.43 bits per heavy atom. The summed E-state index contributed by atoms with van der Waals surface area (Å²) in [6.45, 7) is 0. The number of benzene rings is 1. The van der Waals surface area contributed by atoms with E-state index < -0.39 is 34.6 Å². The molecule has 0 unspecified atom stereocenters. The van der Waals surface area contributed by atoms with Crippen molar-refractivity contribution in [1.29, 1.82) is 5.26 Å². The molecule has 1 aromatic rings. The minimum absolute atomic E-state index is 0.413. The third-order valence-corrected chi connectivity index (χ3v) is 3.56. The normalized spacial score (nSPS) is 17.3. The quantitative estimate of drug-likeness (QED) is 0.851. The molecule has 0 atom stereocenters. The largest absolute Gasteiger partial charge is 0.416 e. The molecule has 0 saturated heterocycles. The van der Waals surface area contributed by atoms with E-state index in [4.69, 9.17) is 5.26 Å². The molecule has 1 saturated carbocycles. The maximum atomic E-state index is 13.6. The number of alkyl halides is 3. The fourth-order valence-corrected chi connectivity index (χ4v) is 2.40. The fourth-order valence-electron chi connectivity index (χ4n) is 2.40. The van der Waals surface area contributed by atoms with Crippen LogP contribution in [0.5, 0.6) is 0 Å². The van der Waals surface area contributed by atoms with Crippen LogP contribution in [0.1, 0.15) is 41.6 Å².